The molecule has 0 fully saturated rings. The number of aryl methyl sites for hydroxylation is 4. The van der Waals surface area contributed by atoms with Crippen LogP contribution in [0.4, 0.5) is 0 Å². The average molecular weight is 1240 g/mol. The maximum atomic E-state index is 11.0. The Kier molecular flexibility index (Phi) is 67.1. The van der Waals surface area contributed by atoms with Gasteiger partial charge in [-0.25, -0.2) is 69.6 Å². The molecule has 0 aliphatic carbocycles. The van der Waals surface area contributed by atoms with Crippen LogP contribution in [0.2, 0.25) is 0 Å². The standard InChI is InChI=1S/3C9H14N2.2C8H13N3.C8H12N2O.C6H9N3.7C2H6/c1-7(2)9-5-8(3)11(4)6-10-9;1-4-8-5-9(7(2)3)11-6-10-8;1-4-9-10-6-5-8(11-9)7(2)3;1-6(2)8-9-5-11(4)7(3)10-8;1-4-7-9-5-10-8(11-7)6(2)3;1-6(2)7-4-5-10(3)8(11)9-7;1-5(2)6-8-3-7-4-9-6;7*1-2/h5-7H,3H2,1-2,4H3;2*5-7H,4H2,1-3H3;5-6H,3H2,1-2,4H3;5-6H,4H2,1-3H3;4-6H,1-3H3;3-5H,1-2H3;7*1-2H3. The molecule has 7 heterocycles. The molecule has 0 saturated heterocycles. The van der Waals surface area contributed by atoms with Crippen molar-refractivity contribution in [2.24, 2.45) is 33.9 Å². The molecule has 2 aliphatic rings. The molecule has 506 valence electrons. The Morgan fingerprint density at radius 1 is 0.449 bits per heavy atom. The largest absolute Gasteiger partial charge is 0.347 e. The molecule has 2 aliphatic heterocycles. The van der Waals surface area contributed by atoms with Gasteiger partial charge in [0.25, 0.3) is 0 Å². The summed E-state index contributed by atoms with van der Waals surface area (Å²) < 4.78 is 1.46. The van der Waals surface area contributed by atoms with E-state index in [-0.39, 0.29) is 5.69 Å². The number of allylic oxidation sites excluding steroid dienone is 2. The van der Waals surface area contributed by atoms with Crippen molar-refractivity contribution in [3.05, 3.63) is 149 Å². The maximum Gasteiger partial charge on any atom is 0.347 e. The van der Waals surface area contributed by atoms with Gasteiger partial charge in [0.2, 0.25) is 0 Å². The van der Waals surface area contributed by atoms with Crippen LogP contribution < -0.4 is 5.69 Å². The number of aromatic nitrogens is 12. The summed E-state index contributed by atoms with van der Waals surface area (Å²) in [5.74, 6) is 8.14. The summed E-state index contributed by atoms with van der Waals surface area (Å²) in [5.41, 5.74) is 6.18. The van der Waals surface area contributed by atoms with E-state index in [9.17, 15) is 4.79 Å². The summed E-state index contributed by atoms with van der Waals surface area (Å²) >= 11 is 0. The first-order valence-electron chi connectivity index (χ1n) is 33.0. The number of hydrogen-bond donors (Lipinski definition) is 0. The van der Waals surface area contributed by atoms with Crippen LogP contribution in [-0.2, 0) is 26.3 Å². The third-order valence-electron chi connectivity index (χ3n) is 10.7. The molecule has 18 nitrogen and oxygen atoms in total. The van der Waals surface area contributed by atoms with Crippen LogP contribution in [0.1, 0.15) is 290 Å². The van der Waals surface area contributed by atoms with Crippen LogP contribution in [0, 0.1) is 11.8 Å². The van der Waals surface area contributed by atoms with E-state index in [2.05, 4.69) is 186 Å². The average Bonchev–Trinajstić information content (AvgIpc) is 3.78. The molecule has 0 saturated carbocycles. The first-order chi connectivity index (χ1) is 42.3. The highest BCUT2D eigenvalue weighted by Gasteiger charge is 2.11. The van der Waals surface area contributed by atoms with Gasteiger partial charge in [0, 0.05) is 92.6 Å². The van der Waals surface area contributed by atoms with Crippen molar-refractivity contribution in [2.75, 3.05) is 14.1 Å². The molecule has 7 rings (SSSR count). The summed E-state index contributed by atoms with van der Waals surface area (Å²) in [4.78, 5) is 72.0. The fraction of sp³-hybridized carbons (Fsp3) is 0.620. The lowest BCUT2D eigenvalue weighted by atomic mass is 10.1. The molecule has 5 aromatic heterocycles. The lowest BCUT2D eigenvalue weighted by Crippen LogP contribution is -2.21. The molecule has 0 unspecified atom stereocenters. The van der Waals surface area contributed by atoms with E-state index in [4.69, 9.17) is 0 Å². The molecule has 0 atom stereocenters. The number of amidine groups is 1. The molecule has 18 heteroatoms. The van der Waals surface area contributed by atoms with E-state index in [0.717, 1.165) is 88.4 Å². The smallest absolute Gasteiger partial charge is 0.336 e. The monoisotopic (exact) mass is 1240 g/mol. The zero-order valence-electron chi connectivity index (χ0n) is 63.0. The Balaban J connectivity index is -0.000000170. The van der Waals surface area contributed by atoms with Crippen molar-refractivity contribution in [3.63, 3.8) is 0 Å². The van der Waals surface area contributed by atoms with E-state index in [1.54, 1.807) is 43.5 Å². The van der Waals surface area contributed by atoms with E-state index < -0.39 is 0 Å². The summed E-state index contributed by atoms with van der Waals surface area (Å²) in [7, 11) is 5.52. The minimum absolute atomic E-state index is 0.184. The van der Waals surface area contributed by atoms with Crippen molar-refractivity contribution in [3.8, 4) is 0 Å². The van der Waals surface area contributed by atoms with Crippen molar-refractivity contribution in [1.29, 1.82) is 0 Å². The van der Waals surface area contributed by atoms with Gasteiger partial charge in [-0.05, 0) is 54.4 Å². The topological polar surface area (TPSA) is 207 Å². The van der Waals surface area contributed by atoms with Gasteiger partial charge in [0.05, 0.1) is 18.4 Å². The van der Waals surface area contributed by atoms with Crippen LogP contribution in [0.5, 0.6) is 0 Å². The van der Waals surface area contributed by atoms with Gasteiger partial charge < -0.3 is 14.4 Å². The highest BCUT2D eigenvalue weighted by Crippen LogP contribution is 2.18. The molecule has 0 amide bonds. The highest BCUT2D eigenvalue weighted by molar-refractivity contribution is 5.93. The van der Waals surface area contributed by atoms with Gasteiger partial charge in [0.1, 0.15) is 60.3 Å². The predicted octanol–water partition coefficient (Wildman–Crippen LogP) is 18.5. The van der Waals surface area contributed by atoms with Gasteiger partial charge in [-0.15, -0.1) is 0 Å². The Bertz CT molecular complexity index is 2460. The van der Waals surface area contributed by atoms with Crippen molar-refractivity contribution in [2.45, 2.75) is 263 Å². The molecule has 0 spiro atoms. The summed E-state index contributed by atoms with van der Waals surface area (Å²) in [6.45, 7) is 71.1. The molecule has 0 aromatic carbocycles. The third-order valence-corrected chi connectivity index (χ3v) is 10.7. The molecule has 89 heavy (non-hydrogen) atoms. The van der Waals surface area contributed by atoms with E-state index >= 15 is 0 Å². The van der Waals surface area contributed by atoms with Crippen LogP contribution in [0.25, 0.3) is 0 Å². The molecule has 0 radical (unpaired) electrons. The predicted molar refractivity (Wildman–Crippen MR) is 387 cm³/mol. The minimum Gasteiger partial charge on any atom is -0.336 e. The second kappa shape index (κ2) is 62.5. The van der Waals surface area contributed by atoms with E-state index in [0.29, 0.717) is 41.4 Å². The number of nitrogens with zero attached hydrogens (tertiary/aromatic N) is 17. The van der Waals surface area contributed by atoms with Gasteiger partial charge in [-0.1, -0.05) is 228 Å². The number of hydrogen-bond acceptors (Lipinski definition) is 17. The van der Waals surface area contributed by atoms with Gasteiger partial charge in [-0.3, -0.25) is 0 Å². The van der Waals surface area contributed by atoms with E-state index in [1.807, 2.05) is 161 Å². The van der Waals surface area contributed by atoms with E-state index in [1.165, 1.54) is 17.2 Å². The minimum atomic E-state index is -0.184. The van der Waals surface area contributed by atoms with Crippen LogP contribution in [0.15, 0.2) is 112 Å². The van der Waals surface area contributed by atoms with Crippen molar-refractivity contribution < 1.29 is 0 Å². The Labute approximate surface area is 545 Å². The first kappa shape index (κ1) is 95.5. The van der Waals surface area contributed by atoms with Crippen LogP contribution in [-0.4, -0.2) is 102 Å². The second-order valence-electron chi connectivity index (χ2n) is 19.6. The second-order valence-corrected chi connectivity index (χ2v) is 19.6. The van der Waals surface area contributed by atoms with Gasteiger partial charge in [0.15, 0.2) is 0 Å². The SMILES string of the molecule is C=C1C=C(C(C)C)N=CN1C.C=C1N=C(C(C)C)N=CN1C.CC.CC.CC.CC.CC.CC.CC.CC(C)c1ccn(C)c(=O)n1.CC(C)c1ncncn1.CCc1cc(C(C)C)ncn1.CCc1nccc(C(C)C)n1.CCc1ncnc(C(C)C)n1. The van der Waals surface area contributed by atoms with Crippen molar-refractivity contribution >= 4 is 18.5 Å². The maximum absolute atomic E-state index is 11.0. The fourth-order valence-electron chi connectivity index (χ4n) is 5.55. The van der Waals surface area contributed by atoms with Gasteiger partial charge >= 0.3 is 5.69 Å². The quantitative estimate of drug-likeness (QED) is 0.127. The normalized spacial score (nSPS) is 11.1. The molecule has 0 bridgehead atoms. The Morgan fingerprint density at radius 2 is 0.910 bits per heavy atom. The summed E-state index contributed by atoms with van der Waals surface area (Å²) in [5, 5.41) is 0. The zero-order valence-corrected chi connectivity index (χ0v) is 63.0. The van der Waals surface area contributed by atoms with Crippen molar-refractivity contribution in [1.82, 2.24) is 69.2 Å². The number of rotatable bonds is 10. The Morgan fingerprint density at radius 3 is 1.31 bits per heavy atom. The molecule has 0 N–H and O–H groups in total. The number of likely N-dealkylation sites (N-methyl/N-ethyl adjacent to an activating group) is 1. The lowest BCUT2D eigenvalue weighted by Gasteiger charge is -2.19. The van der Waals surface area contributed by atoms with Crippen LogP contribution >= 0.6 is 0 Å². The fourth-order valence-corrected chi connectivity index (χ4v) is 5.55. The number of aliphatic imine (C=N–C) groups is 3. The summed E-state index contributed by atoms with van der Waals surface area (Å²) in [6.07, 6.45) is 18.2. The lowest BCUT2D eigenvalue weighted by molar-refractivity contribution is 0.626. The Hall–Kier alpha value is -7.11. The third kappa shape index (κ3) is 46.6. The van der Waals surface area contributed by atoms with Crippen LogP contribution in [0.3, 0.4) is 0 Å². The van der Waals surface area contributed by atoms with Gasteiger partial charge in [-0.2, -0.15) is 4.98 Å². The first-order valence-corrected chi connectivity index (χ1v) is 33.0. The summed E-state index contributed by atoms with van der Waals surface area (Å²) in [6, 6.07) is 5.92. The zero-order chi connectivity index (χ0) is 70.8. The molecular weight excluding hydrogens is 1110 g/mol. The molecular formula is C71H131N17O. The highest BCUT2D eigenvalue weighted by atomic mass is 16.1. The molecule has 5 aromatic rings.